The Labute approximate surface area is 137 Å². The van der Waals surface area contributed by atoms with E-state index in [0.717, 1.165) is 30.0 Å². The molecule has 120 valence electrons. The number of hydrogen-bond donors (Lipinski definition) is 0. The van der Waals surface area contributed by atoms with E-state index in [4.69, 9.17) is 4.74 Å². The van der Waals surface area contributed by atoms with Crippen molar-refractivity contribution in [2.45, 2.75) is 39.7 Å². The van der Waals surface area contributed by atoms with Gasteiger partial charge in [0.05, 0.1) is 0 Å². The molecular weight excluding hydrogens is 286 g/mol. The Balaban J connectivity index is 1.80. The first-order valence-electron chi connectivity index (χ1n) is 8.23. The van der Waals surface area contributed by atoms with Crippen LogP contribution in [0.4, 0.5) is 5.69 Å². The molecule has 3 nitrogen and oxygen atoms in total. The molecule has 2 aromatic carbocycles. The highest BCUT2D eigenvalue weighted by Gasteiger charge is 2.30. The smallest absolute Gasteiger partial charge is 0.268 e. The number of benzene rings is 2. The van der Waals surface area contributed by atoms with Crippen LogP contribution in [0, 0.1) is 13.8 Å². The van der Waals surface area contributed by atoms with Crippen LogP contribution in [0.5, 0.6) is 5.75 Å². The van der Waals surface area contributed by atoms with Gasteiger partial charge in [-0.3, -0.25) is 4.79 Å². The van der Waals surface area contributed by atoms with Crippen LogP contribution in [0.1, 0.15) is 30.0 Å². The molecule has 0 saturated carbocycles. The van der Waals surface area contributed by atoms with Crippen LogP contribution in [0.15, 0.2) is 42.5 Å². The molecule has 0 aromatic heterocycles. The van der Waals surface area contributed by atoms with Gasteiger partial charge in [0.25, 0.3) is 5.91 Å². The standard InChI is InChI=1S/C20H23NO2/c1-4-18(23-19-10-9-14(2)13-15(19)3)20(22)21-12-11-16-7-5-6-8-17(16)21/h5-10,13,18H,4,11-12H2,1-3H3. The van der Waals surface area contributed by atoms with Crippen molar-refractivity contribution in [2.75, 3.05) is 11.4 Å². The van der Waals surface area contributed by atoms with Gasteiger partial charge in [0.15, 0.2) is 6.10 Å². The van der Waals surface area contributed by atoms with Crippen LogP contribution in [0.3, 0.4) is 0 Å². The molecule has 1 aliphatic heterocycles. The van der Waals surface area contributed by atoms with E-state index in [1.807, 2.05) is 49.1 Å². The van der Waals surface area contributed by atoms with Crippen molar-refractivity contribution in [1.82, 2.24) is 0 Å². The summed E-state index contributed by atoms with van der Waals surface area (Å²) in [5.74, 6) is 0.848. The summed E-state index contributed by atoms with van der Waals surface area (Å²) in [5.41, 5.74) is 4.53. The third kappa shape index (κ3) is 3.09. The molecule has 3 rings (SSSR count). The van der Waals surface area contributed by atoms with Gasteiger partial charge >= 0.3 is 0 Å². The lowest BCUT2D eigenvalue weighted by Gasteiger charge is -2.24. The normalized spacial score (nSPS) is 14.5. The molecule has 2 aromatic rings. The number of fused-ring (bicyclic) bond motifs is 1. The summed E-state index contributed by atoms with van der Waals surface area (Å²) in [4.78, 5) is 14.8. The van der Waals surface area contributed by atoms with Crippen molar-refractivity contribution in [3.8, 4) is 5.75 Å². The van der Waals surface area contributed by atoms with E-state index in [9.17, 15) is 4.79 Å². The lowest BCUT2D eigenvalue weighted by molar-refractivity contribution is -0.125. The number of aryl methyl sites for hydroxylation is 2. The van der Waals surface area contributed by atoms with Crippen molar-refractivity contribution < 1.29 is 9.53 Å². The second-order valence-electron chi connectivity index (χ2n) is 6.15. The molecule has 1 heterocycles. The lowest BCUT2D eigenvalue weighted by Crippen LogP contribution is -2.41. The quantitative estimate of drug-likeness (QED) is 0.852. The van der Waals surface area contributed by atoms with Crippen LogP contribution >= 0.6 is 0 Å². The maximum Gasteiger partial charge on any atom is 0.268 e. The van der Waals surface area contributed by atoms with E-state index < -0.39 is 6.10 Å². The molecule has 23 heavy (non-hydrogen) atoms. The van der Waals surface area contributed by atoms with Crippen molar-refractivity contribution in [2.24, 2.45) is 0 Å². The van der Waals surface area contributed by atoms with Gasteiger partial charge in [0.1, 0.15) is 5.75 Å². The molecular formula is C20H23NO2. The summed E-state index contributed by atoms with van der Waals surface area (Å²) in [7, 11) is 0. The number of nitrogens with zero attached hydrogens (tertiary/aromatic N) is 1. The van der Waals surface area contributed by atoms with Crippen LogP contribution in [-0.4, -0.2) is 18.6 Å². The van der Waals surface area contributed by atoms with E-state index >= 15 is 0 Å². The highest BCUT2D eigenvalue weighted by molar-refractivity contribution is 5.98. The van der Waals surface area contributed by atoms with Crippen molar-refractivity contribution in [3.63, 3.8) is 0 Å². The van der Waals surface area contributed by atoms with Crippen LogP contribution in [-0.2, 0) is 11.2 Å². The van der Waals surface area contributed by atoms with E-state index in [0.29, 0.717) is 6.42 Å². The number of rotatable bonds is 4. The first-order valence-corrected chi connectivity index (χ1v) is 8.23. The zero-order valence-corrected chi connectivity index (χ0v) is 14.0. The molecule has 0 aliphatic carbocycles. The van der Waals surface area contributed by atoms with Gasteiger partial charge in [0.2, 0.25) is 0 Å². The second kappa shape index (κ2) is 6.45. The molecule has 0 radical (unpaired) electrons. The minimum absolute atomic E-state index is 0.0532. The fourth-order valence-corrected chi connectivity index (χ4v) is 3.13. The van der Waals surface area contributed by atoms with E-state index in [1.165, 1.54) is 11.1 Å². The van der Waals surface area contributed by atoms with Crippen LogP contribution < -0.4 is 9.64 Å². The Bertz CT molecular complexity index is 723. The monoisotopic (exact) mass is 309 g/mol. The van der Waals surface area contributed by atoms with Gasteiger partial charge in [-0.15, -0.1) is 0 Å². The number of carbonyl (C=O) groups is 1. The summed E-state index contributed by atoms with van der Waals surface area (Å²) in [6, 6.07) is 14.2. The summed E-state index contributed by atoms with van der Waals surface area (Å²) in [5, 5.41) is 0. The van der Waals surface area contributed by atoms with Gasteiger partial charge in [0, 0.05) is 12.2 Å². The average Bonchev–Trinajstić information content (AvgIpc) is 2.97. The third-order valence-corrected chi connectivity index (χ3v) is 4.40. The maximum atomic E-state index is 12.9. The second-order valence-corrected chi connectivity index (χ2v) is 6.15. The van der Waals surface area contributed by atoms with E-state index in [-0.39, 0.29) is 5.91 Å². The molecule has 0 bridgehead atoms. The summed E-state index contributed by atoms with van der Waals surface area (Å²) in [6.45, 7) is 6.81. The average molecular weight is 309 g/mol. The summed E-state index contributed by atoms with van der Waals surface area (Å²) < 4.78 is 6.05. The van der Waals surface area contributed by atoms with E-state index in [1.54, 1.807) is 0 Å². The lowest BCUT2D eigenvalue weighted by atomic mass is 10.1. The Kier molecular flexibility index (Phi) is 4.37. The molecule has 0 N–H and O–H groups in total. The number of para-hydroxylation sites is 1. The number of carbonyl (C=O) groups excluding carboxylic acids is 1. The van der Waals surface area contributed by atoms with Gasteiger partial charge in [-0.1, -0.05) is 42.8 Å². The maximum absolute atomic E-state index is 12.9. The Morgan fingerprint density at radius 3 is 2.74 bits per heavy atom. The largest absolute Gasteiger partial charge is 0.480 e. The predicted octanol–water partition coefficient (Wildman–Crippen LogP) is 4.05. The molecule has 0 spiro atoms. The minimum atomic E-state index is -0.442. The Morgan fingerprint density at radius 1 is 1.22 bits per heavy atom. The molecule has 1 atom stereocenters. The van der Waals surface area contributed by atoms with Gasteiger partial charge in [-0.25, -0.2) is 0 Å². The summed E-state index contributed by atoms with van der Waals surface area (Å²) >= 11 is 0. The van der Waals surface area contributed by atoms with Crippen molar-refractivity contribution in [1.29, 1.82) is 0 Å². The first kappa shape index (κ1) is 15.6. The molecule has 1 amide bonds. The van der Waals surface area contributed by atoms with Crippen molar-refractivity contribution in [3.05, 3.63) is 59.2 Å². The zero-order valence-electron chi connectivity index (χ0n) is 14.0. The highest BCUT2D eigenvalue weighted by atomic mass is 16.5. The molecule has 1 unspecified atom stereocenters. The van der Waals surface area contributed by atoms with E-state index in [2.05, 4.69) is 19.1 Å². The highest BCUT2D eigenvalue weighted by Crippen LogP contribution is 2.29. The SMILES string of the molecule is CCC(Oc1ccc(C)cc1C)C(=O)N1CCc2ccccc21. The zero-order chi connectivity index (χ0) is 16.4. The third-order valence-electron chi connectivity index (χ3n) is 4.40. The number of amides is 1. The van der Waals surface area contributed by atoms with Gasteiger partial charge < -0.3 is 9.64 Å². The molecule has 3 heteroatoms. The predicted molar refractivity (Wildman–Crippen MR) is 93.1 cm³/mol. The molecule has 1 aliphatic rings. The molecule has 0 fully saturated rings. The number of ether oxygens (including phenoxy) is 1. The Morgan fingerprint density at radius 2 is 2.00 bits per heavy atom. The van der Waals surface area contributed by atoms with Gasteiger partial charge in [-0.05, 0) is 49.9 Å². The topological polar surface area (TPSA) is 29.5 Å². The Hall–Kier alpha value is -2.29. The number of hydrogen-bond acceptors (Lipinski definition) is 2. The molecule has 0 saturated heterocycles. The van der Waals surface area contributed by atoms with Crippen molar-refractivity contribution >= 4 is 11.6 Å². The first-order chi connectivity index (χ1) is 11.1. The summed E-state index contributed by atoms with van der Waals surface area (Å²) in [6.07, 6.45) is 1.13. The van der Waals surface area contributed by atoms with Gasteiger partial charge in [-0.2, -0.15) is 0 Å². The fourth-order valence-electron chi connectivity index (χ4n) is 3.13. The fraction of sp³-hybridized carbons (Fsp3) is 0.350. The van der Waals surface area contributed by atoms with Crippen LogP contribution in [0.2, 0.25) is 0 Å². The minimum Gasteiger partial charge on any atom is -0.480 e. The number of anilines is 1. The van der Waals surface area contributed by atoms with Crippen LogP contribution in [0.25, 0.3) is 0 Å².